The van der Waals surface area contributed by atoms with Gasteiger partial charge in [-0.25, -0.2) is 8.42 Å². The summed E-state index contributed by atoms with van der Waals surface area (Å²) in [5, 5.41) is 3.10. The third kappa shape index (κ3) is 6.24. The van der Waals surface area contributed by atoms with Crippen LogP contribution < -0.4 is 20.3 Å². The van der Waals surface area contributed by atoms with Crippen molar-refractivity contribution in [3.63, 3.8) is 0 Å². The Hall–Kier alpha value is -2.62. The van der Waals surface area contributed by atoms with Crippen LogP contribution in [0, 0.1) is 6.92 Å². The normalized spacial score (nSPS) is 10.9. The van der Waals surface area contributed by atoms with E-state index in [9.17, 15) is 18.0 Å². The van der Waals surface area contributed by atoms with Gasteiger partial charge in [-0.1, -0.05) is 11.6 Å². The average Bonchev–Trinajstić information content (AvgIpc) is 2.61. The summed E-state index contributed by atoms with van der Waals surface area (Å²) in [5.74, 6) is -0.517. The van der Waals surface area contributed by atoms with Crippen LogP contribution in [0.15, 0.2) is 47.4 Å². The number of hydrogen-bond donors (Lipinski definition) is 3. The molecule has 0 aliphatic rings. The molecule has 0 radical (unpaired) electrons. The first-order valence-corrected chi connectivity index (χ1v) is 9.61. The van der Waals surface area contributed by atoms with E-state index in [0.29, 0.717) is 16.5 Å². The van der Waals surface area contributed by atoms with E-state index < -0.39 is 15.9 Å². The van der Waals surface area contributed by atoms with Gasteiger partial charge in [0.05, 0.1) is 4.90 Å². The quantitative estimate of drug-likeness (QED) is 0.603. The zero-order valence-electron chi connectivity index (χ0n) is 14.6. The lowest BCUT2D eigenvalue weighted by Gasteiger charge is -2.10. The van der Waals surface area contributed by atoms with Crippen molar-refractivity contribution in [1.82, 2.24) is 10.3 Å². The van der Waals surface area contributed by atoms with Crippen LogP contribution in [0.1, 0.15) is 12.5 Å². The van der Waals surface area contributed by atoms with E-state index in [1.54, 1.807) is 25.1 Å². The average molecular weight is 412 g/mol. The number of sulfonamides is 1. The Morgan fingerprint density at radius 1 is 1.11 bits per heavy atom. The minimum Gasteiger partial charge on any atom is -0.484 e. The largest absolute Gasteiger partial charge is 0.484 e. The Morgan fingerprint density at radius 3 is 2.37 bits per heavy atom. The summed E-state index contributed by atoms with van der Waals surface area (Å²) in [5.41, 5.74) is 3.31. The summed E-state index contributed by atoms with van der Waals surface area (Å²) >= 11 is 5.90. The summed E-state index contributed by atoms with van der Waals surface area (Å²) in [4.78, 5) is 24.6. The standard InChI is InChI=1S/C17H18ClN3O5S/c1-11-9-14(5-8-16(11)18)26-10-17(23)20-21-27(24,25)15-6-3-13(4-7-15)19-12(2)22/h3-9,21H,10H2,1-2H3,(H,19,22)(H,20,23). The lowest BCUT2D eigenvalue weighted by atomic mass is 10.2. The number of rotatable bonds is 7. The fourth-order valence-corrected chi connectivity index (χ4v) is 2.97. The van der Waals surface area contributed by atoms with Gasteiger partial charge >= 0.3 is 0 Å². The predicted molar refractivity (Wildman–Crippen MR) is 101 cm³/mol. The number of amides is 2. The molecule has 2 aromatic carbocycles. The first kappa shape index (κ1) is 20.7. The number of aryl methyl sites for hydroxylation is 1. The van der Waals surface area contributed by atoms with Crippen molar-refractivity contribution in [2.24, 2.45) is 0 Å². The predicted octanol–water partition coefficient (Wildman–Crippen LogP) is 2.00. The molecule has 0 saturated heterocycles. The van der Waals surface area contributed by atoms with Crippen molar-refractivity contribution >= 4 is 39.1 Å². The topological polar surface area (TPSA) is 114 Å². The smallest absolute Gasteiger partial charge is 0.272 e. The zero-order chi connectivity index (χ0) is 20.0. The van der Waals surface area contributed by atoms with Crippen LogP contribution in [0.5, 0.6) is 5.75 Å². The number of anilines is 1. The Bertz CT molecular complexity index is 946. The molecule has 2 aromatic rings. The van der Waals surface area contributed by atoms with Crippen LogP contribution in [0.2, 0.25) is 5.02 Å². The molecule has 0 saturated carbocycles. The molecule has 0 aliphatic heterocycles. The van der Waals surface area contributed by atoms with Crippen LogP contribution >= 0.6 is 11.6 Å². The van der Waals surface area contributed by atoms with E-state index in [4.69, 9.17) is 16.3 Å². The molecule has 144 valence electrons. The molecule has 2 rings (SSSR count). The van der Waals surface area contributed by atoms with Gasteiger partial charge in [-0.2, -0.15) is 0 Å². The third-order valence-electron chi connectivity index (χ3n) is 3.31. The number of carbonyl (C=O) groups is 2. The Balaban J connectivity index is 1.89. The number of halogens is 1. The monoisotopic (exact) mass is 411 g/mol. The number of ether oxygens (including phenoxy) is 1. The van der Waals surface area contributed by atoms with Crippen LogP contribution in [0.25, 0.3) is 0 Å². The van der Waals surface area contributed by atoms with E-state index in [1.807, 2.05) is 4.83 Å². The highest BCUT2D eigenvalue weighted by molar-refractivity contribution is 7.89. The van der Waals surface area contributed by atoms with Crippen LogP contribution in [-0.2, 0) is 19.6 Å². The van der Waals surface area contributed by atoms with E-state index >= 15 is 0 Å². The highest BCUT2D eigenvalue weighted by Crippen LogP contribution is 2.20. The molecule has 3 N–H and O–H groups in total. The highest BCUT2D eigenvalue weighted by atomic mass is 35.5. The molecule has 0 heterocycles. The molecule has 0 spiro atoms. The molecule has 0 bridgehead atoms. The Kier molecular flexibility index (Phi) is 6.78. The molecule has 0 atom stereocenters. The van der Waals surface area contributed by atoms with Gasteiger partial charge in [-0.15, -0.1) is 4.83 Å². The Morgan fingerprint density at radius 2 is 1.78 bits per heavy atom. The summed E-state index contributed by atoms with van der Waals surface area (Å²) < 4.78 is 29.6. The molecule has 0 unspecified atom stereocenters. The lowest BCUT2D eigenvalue weighted by molar-refractivity contribution is -0.123. The fraction of sp³-hybridized carbons (Fsp3) is 0.176. The summed E-state index contributed by atoms with van der Waals surface area (Å²) in [6.07, 6.45) is 0. The van der Waals surface area contributed by atoms with Crippen LogP contribution in [0.3, 0.4) is 0 Å². The zero-order valence-corrected chi connectivity index (χ0v) is 16.1. The maximum absolute atomic E-state index is 12.2. The maximum Gasteiger partial charge on any atom is 0.272 e. The molecule has 0 aliphatic carbocycles. The molecule has 10 heteroatoms. The first-order chi connectivity index (χ1) is 12.7. The van der Waals surface area contributed by atoms with Gasteiger partial charge in [0.2, 0.25) is 5.91 Å². The van der Waals surface area contributed by atoms with Crippen molar-refractivity contribution in [3.8, 4) is 5.75 Å². The van der Waals surface area contributed by atoms with Gasteiger partial charge in [0.1, 0.15) is 5.75 Å². The van der Waals surface area contributed by atoms with Crippen molar-refractivity contribution in [3.05, 3.63) is 53.1 Å². The second kappa shape index (κ2) is 8.85. The number of hydrogen-bond acceptors (Lipinski definition) is 5. The Labute approximate surface area is 161 Å². The number of hydrazine groups is 1. The lowest BCUT2D eigenvalue weighted by Crippen LogP contribution is -2.43. The molecular formula is C17H18ClN3O5S. The number of nitrogens with one attached hydrogen (secondary N) is 3. The van der Waals surface area contributed by atoms with Crippen molar-refractivity contribution in [2.45, 2.75) is 18.7 Å². The second-order valence-corrected chi connectivity index (χ2v) is 7.65. The van der Waals surface area contributed by atoms with Crippen molar-refractivity contribution < 1.29 is 22.7 Å². The molecule has 0 aromatic heterocycles. The third-order valence-corrected chi connectivity index (χ3v) is 5.00. The molecule has 2 amide bonds. The van der Waals surface area contributed by atoms with Crippen molar-refractivity contribution in [1.29, 1.82) is 0 Å². The van der Waals surface area contributed by atoms with Crippen LogP contribution in [-0.4, -0.2) is 26.8 Å². The maximum atomic E-state index is 12.2. The van der Waals surface area contributed by atoms with Crippen LogP contribution in [0.4, 0.5) is 5.69 Å². The van der Waals surface area contributed by atoms with Gasteiger partial charge in [0, 0.05) is 17.6 Å². The van der Waals surface area contributed by atoms with Gasteiger partial charge in [-0.3, -0.25) is 15.0 Å². The van der Waals surface area contributed by atoms with Gasteiger partial charge in [0.25, 0.3) is 15.9 Å². The second-order valence-electron chi connectivity index (χ2n) is 5.56. The summed E-state index contributed by atoms with van der Waals surface area (Å²) in [6, 6.07) is 10.4. The van der Waals surface area contributed by atoms with E-state index in [2.05, 4.69) is 10.7 Å². The van der Waals surface area contributed by atoms with Gasteiger partial charge in [0.15, 0.2) is 6.61 Å². The van der Waals surface area contributed by atoms with E-state index in [0.717, 1.165) is 5.56 Å². The van der Waals surface area contributed by atoms with Gasteiger partial charge < -0.3 is 10.1 Å². The molecule has 0 fully saturated rings. The first-order valence-electron chi connectivity index (χ1n) is 7.74. The minimum atomic E-state index is -3.96. The summed E-state index contributed by atoms with van der Waals surface area (Å²) in [7, 11) is -3.96. The SMILES string of the molecule is CC(=O)Nc1ccc(S(=O)(=O)NNC(=O)COc2ccc(Cl)c(C)c2)cc1. The fourth-order valence-electron chi connectivity index (χ4n) is 2.00. The molecular weight excluding hydrogens is 394 g/mol. The minimum absolute atomic E-state index is 0.0776. The van der Waals surface area contributed by atoms with Crippen molar-refractivity contribution in [2.75, 3.05) is 11.9 Å². The molecule has 27 heavy (non-hydrogen) atoms. The number of benzene rings is 2. The molecule has 8 nitrogen and oxygen atoms in total. The number of carbonyl (C=O) groups excluding carboxylic acids is 2. The van der Waals surface area contributed by atoms with E-state index in [-0.39, 0.29) is 17.4 Å². The van der Waals surface area contributed by atoms with Gasteiger partial charge in [-0.05, 0) is 55.0 Å². The van der Waals surface area contributed by atoms with E-state index in [1.165, 1.54) is 31.2 Å². The summed E-state index contributed by atoms with van der Waals surface area (Å²) in [6.45, 7) is 2.75. The highest BCUT2D eigenvalue weighted by Gasteiger charge is 2.15.